The van der Waals surface area contributed by atoms with Gasteiger partial charge < -0.3 is 15.7 Å². The first-order chi connectivity index (χ1) is 10.1. The molecular formula is C15H16ClN3O2. The van der Waals surface area contributed by atoms with Crippen LogP contribution in [0.15, 0.2) is 42.6 Å². The zero-order valence-electron chi connectivity index (χ0n) is 11.5. The minimum absolute atomic E-state index is 0.194. The van der Waals surface area contributed by atoms with E-state index in [0.717, 1.165) is 5.56 Å². The summed E-state index contributed by atoms with van der Waals surface area (Å²) in [6.07, 6.45) is 1.57. The highest BCUT2D eigenvalue weighted by atomic mass is 35.5. The predicted octanol–water partition coefficient (Wildman–Crippen LogP) is 2.90. The molecule has 1 atom stereocenters. The van der Waals surface area contributed by atoms with E-state index < -0.39 is 12.1 Å². The lowest BCUT2D eigenvalue weighted by Gasteiger charge is -2.17. The van der Waals surface area contributed by atoms with Gasteiger partial charge in [0, 0.05) is 6.20 Å². The van der Waals surface area contributed by atoms with Crippen molar-refractivity contribution < 1.29 is 9.90 Å². The molecule has 110 valence electrons. The highest BCUT2D eigenvalue weighted by Crippen LogP contribution is 2.23. The first kappa shape index (κ1) is 15.3. The maximum atomic E-state index is 12.0. The van der Waals surface area contributed by atoms with Crippen molar-refractivity contribution in [3.63, 3.8) is 0 Å². The van der Waals surface area contributed by atoms with E-state index >= 15 is 0 Å². The quantitative estimate of drug-likeness (QED) is 0.813. The Bertz CT molecular complexity index is 620. The molecule has 2 rings (SSSR count). The average Bonchev–Trinajstić information content (AvgIpc) is 2.50. The second-order valence-corrected chi connectivity index (χ2v) is 4.88. The van der Waals surface area contributed by atoms with E-state index in [1.807, 2.05) is 30.3 Å². The van der Waals surface area contributed by atoms with Crippen LogP contribution in [0.3, 0.4) is 0 Å². The molecule has 1 aromatic carbocycles. The predicted molar refractivity (Wildman–Crippen MR) is 82.4 cm³/mol. The molecule has 0 radical (unpaired) electrons. The standard InChI is InChI=1S/C15H16ClN3O2/c1-10-14(16)12(7-8-17-10)18-15(21)19-13(9-20)11-5-3-2-4-6-11/h2-8,13,20H,9H2,1H3,(H2,17,18,19,21)/t13-/m1/s1. The average molecular weight is 306 g/mol. The van der Waals surface area contributed by atoms with Crippen molar-refractivity contribution in [2.75, 3.05) is 11.9 Å². The fourth-order valence-electron chi connectivity index (χ4n) is 1.88. The van der Waals surface area contributed by atoms with E-state index in [1.54, 1.807) is 19.2 Å². The molecule has 0 saturated carbocycles. The lowest BCUT2D eigenvalue weighted by Crippen LogP contribution is -2.34. The van der Waals surface area contributed by atoms with E-state index in [0.29, 0.717) is 16.4 Å². The van der Waals surface area contributed by atoms with Crippen LogP contribution in [0, 0.1) is 6.92 Å². The number of rotatable bonds is 4. The Morgan fingerprint density at radius 2 is 2.05 bits per heavy atom. The third kappa shape index (κ3) is 3.93. The van der Waals surface area contributed by atoms with Gasteiger partial charge in [-0.1, -0.05) is 41.9 Å². The number of aryl methyl sites for hydroxylation is 1. The molecule has 0 aliphatic rings. The summed E-state index contributed by atoms with van der Waals surface area (Å²) in [6.45, 7) is 1.56. The van der Waals surface area contributed by atoms with Crippen LogP contribution < -0.4 is 10.6 Å². The van der Waals surface area contributed by atoms with E-state index in [9.17, 15) is 9.90 Å². The number of carbonyl (C=O) groups is 1. The minimum atomic E-state index is -0.479. The topological polar surface area (TPSA) is 74.2 Å². The normalized spacial score (nSPS) is 11.8. The maximum Gasteiger partial charge on any atom is 0.319 e. The van der Waals surface area contributed by atoms with Crippen LogP contribution in [0.4, 0.5) is 10.5 Å². The second-order valence-electron chi connectivity index (χ2n) is 4.50. The molecule has 0 bridgehead atoms. The number of urea groups is 1. The number of aliphatic hydroxyl groups is 1. The molecule has 0 aliphatic carbocycles. The zero-order chi connectivity index (χ0) is 15.2. The number of hydrogen-bond donors (Lipinski definition) is 3. The van der Waals surface area contributed by atoms with Gasteiger partial charge in [-0.25, -0.2) is 4.79 Å². The van der Waals surface area contributed by atoms with Crippen LogP contribution in [-0.4, -0.2) is 22.7 Å². The van der Waals surface area contributed by atoms with Crippen LogP contribution in [0.1, 0.15) is 17.3 Å². The van der Waals surface area contributed by atoms with Crippen molar-refractivity contribution >= 4 is 23.3 Å². The number of aromatic nitrogens is 1. The Balaban J connectivity index is 2.05. The summed E-state index contributed by atoms with van der Waals surface area (Å²) in [5.41, 5.74) is 1.94. The molecule has 0 fully saturated rings. The van der Waals surface area contributed by atoms with Crippen LogP contribution in [0.2, 0.25) is 5.02 Å². The van der Waals surface area contributed by atoms with E-state index in [2.05, 4.69) is 15.6 Å². The van der Waals surface area contributed by atoms with Gasteiger partial charge in [-0.2, -0.15) is 0 Å². The van der Waals surface area contributed by atoms with Gasteiger partial charge in [-0.15, -0.1) is 0 Å². The molecule has 2 aromatic rings. The molecule has 21 heavy (non-hydrogen) atoms. The third-order valence-corrected chi connectivity index (χ3v) is 3.48. The molecule has 5 nitrogen and oxygen atoms in total. The highest BCUT2D eigenvalue weighted by molar-refractivity contribution is 6.34. The summed E-state index contributed by atoms with van der Waals surface area (Å²) in [5.74, 6) is 0. The monoisotopic (exact) mass is 305 g/mol. The molecule has 0 aliphatic heterocycles. The van der Waals surface area contributed by atoms with Crippen molar-refractivity contribution in [1.82, 2.24) is 10.3 Å². The first-order valence-corrected chi connectivity index (χ1v) is 6.84. The largest absolute Gasteiger partial charge is 0.394 e. The lowest BCUT2D eigenvalue weighted by molar-refractivity contribution is 0.225. The summed E-state index contributed by atoms with van der Waals surface area (Å²) in [7, 11) is 0. The number of aliphatic hydroxyl groups excluding tert-OH is 1. The molecule has 3 N–H and O–H groups in total. The summed E-state index contributed by atoms with van der Waals surface area (Å²) < 4.78 is 0. The number of hydrogen-bond acceptors (Lipinski definition) is 3. The molecule has 1 aromatic heterocycles. The molecular weight excluding hydrogens is 290 g/mol. The number of benzene rings is 1. The van der Waals surface area contributed by atoms with E-state index in [-0.39, 0.29) is 6.61 Å². The lowest BCUT2D eigenvalue weighted by atomic mass is 10.1. The fraction of sp³-hybridized carbons (Fsp3) is 0.200. The second kappa shape index (κ2) is 7.06. The van der Waals surface area contributed by atoms with Gasteiger partial charge >= 0.3 is 6.03 Å². The van der Waals surface area contributed by atoms with Gasteiger partial charge in [0.05, 0.1) is 29.1 Å². The van der Waals surface area contributed by atoms with Gasteiger partial charge in [-0.05, 0) is 18.6 Å². The van der Waals surface area contributed by atoms with Crippen LogP contribution in [-0.2, 0) is 0 Å². The zero-order valence-corrected chi connectivity index (χ0v) is 12.3. The molecule has 0 spiro atoms. The van der Waals surface area contributed by atoms with Gasteiger partial charge in [0.15, 0.2) is 0 Å². The summed E-state index contributed by atoms with van der Waals surface area (Å²) in [4.78, 5) is 16.0. The van der Waals surface area contributed by atoms with Crippen molar-refractivity contribution in [1.29, 1.82) is 0 Å². The van der Waals surface area contributed by atoms with Crippen LogP contribution >= 0.6 is 11.6 Å². The van der Waals surface area contributed by atoms with Crippen molar-refractivity contribution in [2.45, 2.75) is 13.0 Å². The van der Waals surface area contributed by atoms with E-state index in [1.165, 1.54) is 0 Å². The van der Waals surface area contributed by atoms with Gasteiger partial charge in [0.1, 0.15) is 0 Å². The van der Waals surface area contributed by atoms with Crippen molar-refractivity contribution in [3.05, 3.63) is 58.9 Å². The summed E-state index contributed by atoms with van der Waals surface area (Å²) in [5, 5.41) is 15.2. The van der Waals surface area contributed by atoms with E-state index in [4.69, 9.17) is 11.6 Å². The number of halogens is 1. The van der Waals surface area contributed by atoms with Crippen LogP contribution in [0.25, 0.3) is 0 Å². The molecule has 2 amide bonds. The molecule has 6 heteroatoms. The van der Waals surface area contributed by atoms with Crippen LogP contribution in [0.5, 0.6) is 0 Å². The Morgan fingerprint density at radius 3 is 2.71 bits per heavy atom. The molecule has 0 saturated heterocycles. The Labute approximate surface area is 128 Å². The van der Waals surface area contributed by atoms with Gasteiger partial charge in [0.25, 0.3) is 0 Å². The number of nitrogens with zero attached hydrogens (tertiary/aromatic N) is 1. The number of amides is 2. The highest BCUT2D eigenvalue weighted by Gasteiger charge is 2.14. The minimum Gasteiger partial charge on any atom is -0.394 e. The Hall–Kier alpha value is -2.11. The number of carbonyl (C=O) groups excluding carboxylic acids is 1. The SMILES string of the molecule is Cc1nccc(NC(=O)N[C@H](CO)c2ccccc2)c1Cl. The third-order valence-electron chi connectivity index (χ3n) is 3.00. The molecule has 1 heterocycles. The number of nitrogens with one attached hydrogen (secondary N) is 2. The smallest absolute Gasteiger partial charge is 0.319 e. The molecule has 0 unspecified atom stereocenters. The van der Waals surface area contributed by atoms with Gasteiger partial charge in [0.2, 0.25) is 0 Å². The fourth-order valence-corrected chi connectivity index (χ4v) is 2.04. The van der Waals surface area contributed by atoms with Crippen molar-refractivity contribution in [2.24, 2.45) is 0 Å². The summed E-state index contributed by atoms with van der Waals surface area (Å²) >= 11 is 6.07. The maximum absolute atomic E-state index is 12.0. The number of pyridine rings is 1. The van der Waals surface area contributed by atoms with Crippen molar-refractivity contribution in [3.8, 4) is 0 Å². The summed E-state index contributed by atoms with van der Waals surface area (Å²) in [6, 6.07) is 9.94. The Kier molecular flexibility index (Phi) is 5.14. The van der Waals surface area contributed by atoms with Gasteiger partial charge in [-0.3, -0.25) is 4.98 Å². The number of anilines is 1. The Morgan fingerprint density at radius 1 is 1.33 bits per heavy atom. The first-order valence-electron chi connectivity index (χ1n) is 6.46.